The number of carbonyl (C=O) groups excluding carboxylic acids is 1. The number of halogens is 1. The third-order valence-electron chi connectivity index (χ3n) is 2.69. The van der Waals surface area contributed by atoms with Crippen LogP contribution in [0.25, 0.3) is 0 Å². The average Bonchev–Trinajstić information content (AvgIpc) is 2.21. The zero-order valence-electron chi connectivity index (χ0n) is 10.7. The van der Waals surface area contributed by atoms with Gasteiger partial charge in [0.15, 0.2) is 0 Å². The molecule has 0 saturated heterocycles. The molecule has 0 aliphatic carbocycles. The number of nitrogens with two attached hydrogens (primary N) is 1. The molecule has 0 bridgehead atoms. The standard InChI is InChI=1S/C13H19ClN2O/c1-8-6-5-7-9(14)10(8)16-12(17)11(15)13(2,3)4/h5-7,11H,15H2,1-4H3,(H,16,17)/t11-/m1/s1. The number of benzene rings is 1. The van der Waals surface area contributed by atoms with Crippen LogP contribution in [-0.2, 0) is 4.79 Å². The van der Waals surface area contributed by atoms with E-state index in [1.54, 1.807) is 6.07 Å². The number of carbonyl (C=O) groups is 1. The van der Waals surface area contributed by atoms with Gasteiger partial charge in [-0.3, -0.25) is 4.79 Å². The van der Waals surface area contributed by atoms with Crippen molar-refractivity contribution >= 4 is 23.2 Å². The lowest BCUT2D eigenvalue weighted by atomic mass is 9.87. The first kappa shape index (κ1) is 14.0. The van der Waals surface area contributed by atoms with E-state index in [9.17, 15) is 4.79 Å². The summed E-state index contributed by atoms with van der Waals surface area (Å²) in [6.07, 6.45) is 0. The van der Waals surface area contributed by atoms with Crippen molar-refractivity contribution < 1.29 is 4.79 Å². The molecule has 4 heteroatoms. The molecule has 1 aromatic carbocycles. The summed E-state index contributed by atoms with van der Waals surface area (Å²) < 4.78 is 0. The minimum Gasteiger partial charge on any atom is -0.323 e. The molecule has 1 rings (SSSR count). The molecule has 0 radical (unpaired) electrons. The molecule has 0 heterocycles. The predicted octanol–water partition coefficient (Wildman–Crippen LogP) is 2.96. The summed E-state index contributed by atoms with van der Waals surface area (Å²) in [5, 5.41) is 3.32. The van der Waals surface area contributed by atoms with E-state index in [1.807, 2.05) is 39.8 Å². The molecule has 0 fully saturated rings. The molecule has 0 aliphatic heterocycles. The van der Waals surface area contributed by atoms with E-state index in [0.717, 1.165) is 5.56 Å². The Labute approximate surface area is 107 Å². The molecular weight excluding hydrogens is 236 g/mol. The Kier molecular flexibility index (Phi) is 4.17. The van der Waals surface area contributed by atoms with Crippen LogP contribution >= 0.6 is 11.6 Å². The summed E-state index contributed by atoms with van der Waals surface area (Å²) in [6, 6.07) is 4.91. The van der Waals surface area contributed by atoms with Crippen LogP contribution in [0.3, 0.4) is 0 Å². The maximum atomic E-state index is 12.0. The first-order chi connectivity index (χ1) is 7.73. The monoisotopic (exact) mass is 254 g/mol. The van der Waals surface area contributed by atoms with Crippen molar-refractivity contribution in [1.82, 2.24) is 0 Å². The molecule has 0 unspecified atom stereocenters. The van der Waals surface area contributed by atoms with Gasteiger partial charge in [-0.2, -0.15) is 0 Å². The number of hydrogen-bond donors (Lipinski definition) is 2. The Morgan fingerprint density at radius 1 is 1.41 bits per heavy atom. The van der Waals surface area contributed by atoms with Crippen molar-refractivity contribution in [2.24, 2.45) is 11.1 Å². The van der Waals surface area contributed by atoms with E-state index >= 15 is 0 Å². The fourth-order valence-electron chi connectivity index (χ4n) is 1.38. The van der Waals surface area contributed by atoms with E-state index in [0.29, 0.717) is 10.7 Å². The van der Waals surface area contributed by atoms with Crippen LogP contribution in [0.1, 0.15) is 26.3 Å². The molecule has 1 amide bonds. The molecule has 0 spiro atoms. The first-order valence-corrected chi connectivity index (χ1v) is 5.93. The number of amides is 1. The van der Waals surface area contributed by atoms with Crippen LogP contribution in [0.4, 0.5) is 5.69 Å². The highest BCUT2D eigenvalue weighted by Crippen LogP contribution is 2.26. The number of nitrogens with one attached hydrogen (secondary N) is 1. The van der Waals surface area contributed by atoms with E-state index in [2.05, 4.69) is 5.32 Å². The minimum atomic E-state index is -0.571. The molecule has 0 aliphatic rings. The molecule has 3 nitrogen and oxygen atoms in total. The Morgan fingerprint density at radius 3 is 2.47 bits per heavy atom. The summed E-state index contributed by atoms with van der Waals surface area (Å²) >= 11 is 6.04. The van der Waals surface area contributed by atoms with Gasteiger partial charge in [-0.25, -0.2) is 0 Å². The highest BCUT2D eigenvalue weighted by molar-refractivity contribution is 6.34. The maximum Gasteiger partial charge on any atom is 0.241 e. The third kappa shape index (κ3) is 3.45. The van der Waals surface area contributed by atoms with Crippen LogP contribution in [0, 0.1) is 12.3 Å². The lowest BCUT2D eigenvalue weighted by Gasteiger charge is -2.26. The van der Waals surface area contributed by atoms with Gasteiger partial charge in [-0.1, -0.05) is 44.5 Å². The van der Waals surface area contributed by atoms with Crippen LogP contribution in [0.15, 0.2) is 18.2 Å². The van der Waals surface area contributed by atoms with E-state index in [-0.39, 0.29) is 11.3 Å². The van der Waals surface area contributed by atoms with Gasteiger partial charge in [-0.05, 0) is 24.0 Å². The number of hydrogen-bond acceptors (Lipinski definition) is 2. The molecule has 1 aromatic rings. The van der Waals surface area contributed by atoms with Crippen LogP contribution in [0.2, 0.25) is 5.02 Å². The summed E-state index contributed by atoms with van der Waals surface area (Å²) in [7, 11) is 0. The molecule has 0 aromatic heterocycles. The molecule has 1 atom stereocenters. The normalized spacial score (nSPS) is 13.3. The van der Waals surface area contributed by atoms with Crippen molar-refractivity contribution in [1.29, 1.82) is 0 Å². The van der Waals surface area contributed by atoms with E-state index < -0.39 is 6.04 Å². The maximum absolute atomic E-state index is 12.0. The molecular formula is C13H19ClN2O. The number of para-hydroxylation sites is 1. The zero-order valence-corrected chi connectivity index (χ0v) is 11.4. The molecule has 0 saturated carbocycles. The second-order valence-electron chi connectivity index (χ2n) is 5.26. The topological polar surface area (TPSA) is 55.1 Å². The van der Waals surface area contributed by atoms with Crippen molar-refractivity contribution in [3.8, 4) is 0 Å². The molecule has 94 valence electrons. The van der Waals surface area contributed by atoms with E-state index in [1.165, 1.54) is 0 Å². The highest BCUT2D eigenvalue weighted by Gasteiger charge is 2.27. The summed E-state index contributed by atoms with van der Waals surface area (Å²) in [6.45, 7) is 7.67. The fourth-order valence-corrected chi connectivity index (χ4v) is 1.65. The average molecular weight is 255 g/mol. The highest BCUT2D eigenvalue weighted by atomic mass is 35.5. The van der Waals surface area contributed by atoms with Gasteiger partial charge in [0, 0.05) is 0 Å². The van der Waals surface area contributed by atoms with Gasteiger partial charge in [0.2, 0.25) is 5.91 Å². The van der Waals surface area contributed by atoms with Crippen LogP contribution in [-0.4, -0.2) is 11.9 Å². The number of rotatable bonds is 2. The Morgan fingerprint density at radius 2 is 2.00 bits per heavy atom. The first-order valence-electron chi connectivity index (χ1n) is 5.55. The second-order valence-corrected chi connectivity index (χ2v) is 5.67. The minimum absolute atomic E-state index is 0.214. The van der Waals surface area contributed by atoms with Crippen molar-refractivity contribution in [2.75, 3.05) is 5.32 Å². The Hall–Kier alpha value is -1.06. The van der Waals surface area contributed by atoms with Gasteiger partial charge < -0.3 is 11.1 Å². The molecule has 17 heavy (non-hydrogen) atoms. The van der Waals surface area contributed by atoms with Gasteiger partial charge in [0.1, 0.15) is 0 Å². The van der Waals surface area contributed by atoms with Gasteiger partial charge in [0.25, 0.3) is 0 Å². The number of anilines is 1. The zero-order chi connectivity index (χ0) is 13.2. The Balaban J connectivity index is 2.89. The van der Waals surface area contributed by atoms with Crippen molar-refractivity contribution in [2.45, 2.75) is 33.7 Å². The van der Waals surface area contributed by atoms with Crippen LogP contribution in [0.5, 0.6) is 0 Å². The second kappa shape index (κ2) is 5.07. The number of aryl methyl sites for hydroxylation is 1. The summed E-state index contributed by atoms with van der Waals surface area (Å²) in [5.74, 6) is -0.214. The fraction of sp³-hybridized carbons (Fsp3) is 0.462. The SMILES string of the molecule is Cc1cccc(Cl)c1NC(=O)[C@@H](N)C(C)(C)C. The van der Waals surface area contributed by atoms with Gasteiger partial charge >= 0.3 is 0 Å². The summed E-state index contributed by atoms with van der Waals surface area (Å²) in [5.41, 5.74) is 7.17. The lowest BCUT2D eigenvalue weighted by molar-refractivity contribution is -0.119. The van der Waals surface area contributed by atoms with Gasteiger partial charge in [0.05, 0.1) is 16.8 Å². The quantitative estimate of drug-likeness (QED) is 0.853. The van der Waals surface area contributed by atoms with E-state index in [4.69, 9.17) is 17.3 Å². The summed E-state index contributed by atoms with van der Waals surface area (Å²) in [4.78, 5) is 12.0. The Bertz CT molecular complexity index is 404. The van der Waals surface area contributed by atoms with Gasteiger partial charge in [-0.15, -0.1) is 0 Å². The largest absolute Gasteiger partial charge is 0.323 e. The smallest absolute Gasteiger partial charge is 0.241 e. The molecule has 3 N–H and O–H groups in total. The van der Waals surface area contributed by atoms with Crippen molar-refractivity contribution in [3.63, 3.8) is 0 Å². The third-order valence-corrected chi connectivity index (χ3v) is 3.00. The predicted molar refractivity (Wildman–Crippen MR) is 72.2 cm³/mol. The van der Waals surface area contributed by atoms with Crippen LogP contribution < -0.4 is 11.1 Å². The van der Waals surface area contributed by atoms with Crippen molar-refractivity contribution in [3.05, 3.63) is 28.8 Å². The lowest BCUT2D eigenvalue weighted by Crippen LogP contribution is -2.45.